The number of hydrogen-bond donors (Lipinski definition) is 2. The lowest BCUT2D eigenvalue weighted by Gasteiger charge is -2.50. The van der Waals surface area contributed by atoms with Gasteiger partial charge in [-0.3, -0.25) is 19.8 Å². The molecule has 35 heavy (non-hydrogen) atoms. The Labute approximate surface area is 208 Å². The summed E-state index contributed by atoms with van der Waals surface area (Å²) in [4.78, 5) is 31.8. The van der Waals surface area contributed by atoms with Gasteiger partial charge < -0.3 is 19.6 Å². The molecule has 8 nitrogen and oxygen atoms in total. The highest BCUT2D eigenvalue weighted by molar-refractivity contribution is 5.78. The Balaban J connectivity index is 1.06. The number of nitrogens with one attached hydrogen (secondary N) is 1. The lowest BCUT2D eigenvalue weighted by Crippen LogP contribution is -2.63. The van der Waals surface area contributed by atoms with E-state index in [0.717, 1.165) is 39.1 Å². The minimum Gasteiger partial charge on any atom is -0.388 e. The molecule has 4 heterocycles. The number of β-amino-alcohol motifs (C(OH)–C–C–N with tert-alkyl or cyclic N) is 1. The number of carbonyl (C=O) groups is 2. The number of hydrogen-bond acceptors (Lipinski definition) is 6. The molecule has 5 rings (SSSR count). The highest BCUT2D eigenvalue weighted by atomic mass is 16.5. The largest absolute Gasteiger partial charge is 0.388 e. The fourth-order valence-corrected chi connectivity index (χ4v) is 6.04. The fourth-order valence-electron chi connectivity index (χ4n) is 6.04. The average molecular weight is 485 g/mol. The maximum Gasteiger partial charge on any atom is 0.226 e. The van der Waals surface area contributed by atoms with E-state index in [0.29, 0.717) is 57.4 Å². The molecule has 4 saturated heterocycles. The number of ether oxygens (including phenoxy) is 1. The molecule has 192 valence electrons. The van der Waals surface area contributed by atoms with Crippen LogP contribution in [-0.2, 0) is 14.3 Å². The lowest BCUT2D eigenvalue weighted by molar-refractivity contribution is -0.154. The highest BCUT2D eigenvalue weighted by Gasteiger charge is 2.44. The molecule has 0 aliphatic carbocycles. The molecule has 8 heteroatoms. The summed E-state index contributed by atoms with van der Waals surface area (Å²) in [6, 6.07) is 10.1. The van der Waals surface area contributed by atoms with Gasteiger partial charge in [0.25, 0.3) is 0 Å². The molecule has 4 aliphatic heterocycles. The van der Waals surface area contributed by atoms with E-state index < -0.39 is 5.60 Å². The van der Waals surface area contributed by atoms with Crippen molar-refractivity contribution in [2.24, 2.45) is 5.41 Å². The van der Waals surface area contributed by atoms with Crippen LogP contribution in [-0.4, -0.2) is 96.0 Å². The first-order valence-electron chi connectivity index (χ1n) is 13.2. The molecule has 1 unspecified atom stereocenters. The van der Waals surface area contributed by atoms with E-state index in [4.69, 9.17) is 4.74 Å². The minimum absolute atomic E-state index is 0.0813. The molecule has 2 amide bonds. The standard InChI is InChI=1S/C27H40N4O4/c1-21(22-5-3-2-4-6-22)15-24(32)30-13-9-27(34,10-14-30)17-31-20-28-23(16-25(31)33)29-11-7-26(8-12-29)18-35-19-26/h2-6,21,23,28,34H,7-20H2,1H3/t21-,23?/m1/s1. The Hall–Kier alpha value is -2.00. The molecule has 2 N–H and O–H groups in total. The smallest absolute Gasteiger partial charge is 0.226 e. The molecule has 0 bridgehead atoms. The van der Waals surface area contributed by atoms with Crippen molar-refractivity contribution in [2.45, 2.75) is 63.1 Å². The van der Waals surface area contributed by atoms with Crippen LogP contribution in [0.4, 0.5) is 0 Å². The maximum absolute atomic E-state index is 13.0. The minimum atomic E-state index is -0.937. The van der Waals surface area contributed by atoms with Crippen LogP contribution in [0.3, 0.4) is 0 Å². The second-order valence-corrected chi connectivity index (χ2v) is 11.3. The number of benzene rings is 1. The number of amides is 2. The molecular weight excluding hydrogens is 444 g/mol. The van der Waals surface area contributed by atoms with Crippen molar-refractivity contribution in [3.63, 3.8) is 0 Å². The van der Waals surface area contributed by atoms with Crippen LogP contribution in [0.2, 0.25) is 0 Å². The van der Waals surface area contributed by atoms with Crippen molar-refractivity contribution in [2.75, 3.05) is 52.6 Å². The van der Waals surface area contributed by atoms with Gasteiger partial charge >= 0.3 is 0 Å². The Morgan fingerprint density at radius 2 is 1.80 bits per heavy atom. The monoisotopic (exact) mass is 484 g/mol. The van der Waals surface area contributed by atoms with E-state index in [1.54, 1.807) is 4.90 Å². The second kappa shape index (κ2) is 10.2. The number of nitrogens with zero attached hydrogens (tertiary/aromatic N) is 3. The van der Waals surface area contributed by atoms with Gasteiger partial charge in [0.2, 0.25) is 11.8 Å². The quantitative estimate of drug-likeness (QED) is 0.640. The topological polar surface area (TPSA) is 85.4 Å². The van der Waals surface area contributed by atoms with E-state index in [1.807, 2.05) is 23.1 Å². The van der Waals surface area contributed by atoms with Crippen LogP contribution in [0.5, 0.6) is 0 Å². The first-order valence-corrected chi connectivity index (χ1v) is 13.2. The Kier molecular flexibility index (Phi) is 7.17. The van der Waals surface area contributed by atoms with Crippen molar-refractivity contribution in [1.29, 1.82) is 0 Å². The van der Waals surface area contributed by atoms with Crippen LogP contribution in [0.15, 0.2) is 30.3 Å². The van der Waals surface area contributed by atoms with E-state index in [-0.39, 0.29) is 23.9 Å². The summed E-state index contributed by atoms with van der Waals surface area (Å²) in [5, 5.41) is 14.8. The van der Waals surface area contributed by atoms with Gasteiger partial charge in [-0.15, -0.1) is 0 Å². The summed E-state index contributed by atoms with van der Waals surface area (Å²) in [7, 11) is 0. The SMILES string of the molecule is C[C@H](CC(=O)N1CCC(O)(CN2CNC(N3CCC4(CC3)COC4)CC2=O)CC1)c1ccccc1. The van der Waals surface area contributed by atoms with Crippen LogP contribution in [0.25, 0.3) is 0 Å². The van der Waals surface area contributed by atoms with Crippen molar-refractivity contribution in [3.8, 4) is 0 Å². The van der Waals surface area contributed by atoms with Gasteiger partial charge in [0, 0.05) is 38.0 Å². The first kappa shape index (κ1) is 24.7. The van der Waals surface area contributed by atoms with Gasteiger partial charge in [-0.25, -0.2) is 0 Å². The number of likely N-dealkylation sites (tertiary alicyclic amines) is 2. The Morgan fingerprint density at radius 3 is 2.40 bits per heavy atom. The Bertz CT molecular complexity index is 888. The van der Waals surface area contributed by atoms with Crippen LogP contribution in [0.1, 0.15) is 56.9 Å². The molecule has 1 spiro atoms. The molecule has 0 saturated carbocycles. The second-order valence-electron chi connectivity index (χ2n) is 11.3. The molecule has 1 aromatic rings. The van der Waals surface area contributed by atoms with Gasteiger partial charge in [-0.2, -0.15) is 0 Å². The molecule has 0 radical (unpaired) electrons. The van der Waals surface area contributed by atoms with Crippen molar-refractivity contribution >= 4 is 11.8 Å². The molecule has 1 aromatic carbocycles. The van der Waals surface area contributed by atoms with Gasteiger partial charge in [-0.05, 0) is 37.2 Å². The summed E-state index contributed by atoms with van der Waals surface area (Å²) < 4.78 is 5.42. The summed E-state index contributed by atoms with van der Waals surface area (Å²) in [5.41, 5.74) is 0.624. The van der Waals surface area contributed by atoms with Crippen molar-refractivity contribution in [3.05, 3.63) is 35.9 Å². The molecule has 4 fully saturated rings. The van der Waals surface area contributed by atoms with E-state index >= 15 is 0 Å². The summed E-state index contributed by atoms with van der Waals surface area (Å²) in [6.07, 6.45) is 4.29. The van der Waals surface area contributed by atoms with E-state index in [1.165, 1.54) is 5.56 Å². The average Bonchev–Trinajstić information content (AvgIpc) is 2.85. The first-order chi connectivity index (χ1) is 16.8. The summed E-state index contributed by atoms with van der Waals surface area (Å²) in [6.45, 7) is 7.73. The normalized spacial score (nSPS) is 27.5. The van der Waals surface area contributed by atoms with Crippen molar-refractivity contribution < 1.29 is 19.4 Å². The lowest BCUT2D eigenvalue weighted by atomic mass is 9.76. The predicted octanol–water partition coefficient (Wildman–Crippen LogP) is 1.75. The Morgan fingerprint density at radius 1 is 1.11 bits per heavy atom. The fraction of sp³-hybridized carbons (Fsp3) is 0.704. The summed E-state index contributed by atoms with van der Waals surface area (Å²) >= 11 is 0. The zero-order chi connectivity index (χ0) is 24.5. The molecular formula is C27H40N4O4. The van der Waals surface area contributed by atoms with Gasteiger partial charge in [-0.1, -0.05) is 37.3 Å². The summed E-state index contributed by atoms with van der Waals surface area (Å²) in [5.74, 6) is 0.408. The van der Waals surface area contributed by atoms with Gasteiger partial charge in [0.05, 0.1) is 44.6 Å². The predicted molar refractivity (Wildman–Crippen MR) is 132 cm³/mol. The van der Waals surface area contributed by atoms with E-state index in [2.05, 4.69) is 29.3 Å². The third kappa shape index (κ3) is 5.56. The van der Waals surface area contributed by atoms with Crippen molar-refractivity contribution in [1.82, 2.24) is 20.0 Å². The van der Waals surface area contributed by atoms with Gasteiger partial charge in [0.15, 0.2) is 0 Å². The number of carbonyl (C=O) groups excluding carboxylic acids is 2. The van der Waals surface area contributed by atoms with Crippen LogP contribution >= 0.6 is 0 Å². The maximum atomic E-state index is 13.0. The van der Waals surface area contributed by atoms with Crippen LogP contribution < -0.4 is 5.32 Å². The van der Waals surface area contributed by atoms with Crippen LogP contribution in [0, 0.1) is 5.41 Å². The molecule has 0 aromatic heterocycles. The third-order valence-electron chi connectivity index (χ3n) is 8.74. The number of rotatable bonds is 6. The zero-order valence-electron chi connectivity index (χ0n) is 21.0. The van der Waals surface area contributed by atoms with Gasteiger partial charge in [0.1, 0.15) is 0 Å². The number of piperidine rings is 2. The third-order valence-corrected chi connectivity index (χ3v) is 8.74. The molecule has 4 aliphatic rings. The highest BCUT2D eigenvalue weighted by Crippen LogP contribution is 2.39. The number of aliphatic hydroxyl groups is 1. The van der Waals surface area contributed by atoms with E-state index in [9.17, 15) is 14.7 Å². The molecule has 2 atom stereocenters. The zero-order valence-corrected chi connectivity index (χ0v) is 21.0.